The molecule has 0 unspecified atom stereocenters. The van der Waals surface area contributed by atoms with Gasteiger partial charge in [0.1, 0.15) is 5.75 Å². The standard InChI is InChI=1S/C23H31NO/c1-3-18-5-7-19(8-6-18)9-10-20-11-13-21(14-12-20)23-16-15-22(17-24-23)25-4-2/h11-19H,3-10H2,1-2H3. The lowest BCUT2D eigenvalue weighted by Gasteiger charge is -2.27. The quantitative estimate of drug-likeness (QED) is 0.592. The second-order valence-electron chi connectivity index (χ2n) is 7.34. The first-order chi connectivity index (χ1) is 12.3. The molecule has 0 saturated heterocycles. The van der Waals surface area contributed by atoms with Gasteiger partial charge in [-0.25, -0.2) is 0 Å². The summed E-state index contributed by atoms with van der Waals surface area (Å²) < 4.78 is 5.46. The van der Waals surface area contributed by atoms with Crippen LogP contribution in [0.1, 0.15) is 57.9 Å². The van der Waals surface area contributed by atoms with E-state index in [1.54, 1.807) is 6.20 Å². The molecule has 1 aromatic carbocycles. The van der Waals surface area contributed by atoms with Gasteiger partial charge < -0.3 is 4.74 Å². The van der Waals surface area contributed by atoms with Crippen LogP contribution >= 0.6 is 0 Å². The van der Waals surface area contributed by atoms with Gasteiger partial charge in [0, 0.05) is 5.56 Å². The zero-order valence-electron chi connectivity index (χ0n) is 15.7. The van der Waals surface area contributed by atoms with Crippen LogP contribution in [0.2, 0.25) is 0 Å². The van der Waals surface area contributed by atoms with Crippen molar-refractivity contribution in [2.45, 2.75) is 58.8 Å². The van der Waals surface area contributed by atoms with Gasteiger partial charge in [-0.1, -0.05) is 63.3 Å². The third kappa shape index (κ3) is 5.07. The average molecular weight is 338 g/mol. The van der Waals surface area contributed by atoms with E-state index in [0.29, 0.717) is 6.61 Å². The number of ether oxygens (including phenoxy) is 1. The molecule has 0 N–H and O–H groups in total. The van der Waals surface area contributed by atoms with Gasteiger partial charge in [0.05, 0.1) is 18.5 Å². The average Bonchev–Trinajstić information content (AvgIpc) is 2.68. The Kier molecular flexibility index (Phi) is 6.49. The number of aromatic nitrogens is 1. The highest BCUT2D eigenvalue weighted by atomic mass is 16.5. The molecule has 2 heteroatoms. The smallest absolute Gasteiger partial charge is 0.137 e. The molecule has 0 radical (unpaired) electrons. The molecule has 134 valence electrons. The molecule has 1 heterocycles. The molecule has 1 fully saturated rings. The molecule has 1 aromatic heterocycles. The van der Waals surface area contributed by atoms with Crippen molar-refractivity contribution in [1.29, 1.82) is 0 Å². The predicted octanol–water partition coefficient (Wildman–Crippen LogP) is 6.30. The lowest BCUT2D eigenvalue weighted by atomic mass is 9.78. The number of hydrogen-bond acceptors (Lipinski definition) is 2. The van der Waals surface area contributed by atoms with E-state index >= 15 is 0 Å². The van der Waals surface area contributed by atoms with Gasteiger partial charge in [-0.05, 0) is 49.3 Å². The molecule has 1 saturated carbocycles. The van der Waals surface area contributed by atoms with Gasteiger partial charge in [-0.3, -0.25) is 4.98 Å². The van der Waals surface area contributed by atoms with E-state index in [2.05, 4.69) is 36.2 Å². The fraction of sp³-hybridized carbons (Fsp3) is 0.522. The summed E-state index contributed by atoms with van der Waals surface area (Å²) in [5, 5.41) is 0. The van der Waals surface area contributed by atoms with Crippen LogP contribution in [0.5, 0.6) is 5.75 Å². The van der Waals surface area contributed by atoms with Crippen LogP contribution in [-0.4, -0.2) is 11.6 Å². The molecule has 1 aliphatic carbocycles. The first kappa shape index (κ1) is 18.0. The molecule has 1 aliphatic rings. The Labute approximate surface area is 152 Å². The summed E-state index contributed by atoms with van der Waals surface area (Å²) >= 11 is 0. The summed E-state index contributed by atoms with van der Waals surface area (Å²) in [7, 11) is 0. The number of hydrogen-bond donors (Lipinski definition) is 0. The second-order valence-corrected chi connectivity index (χ2v) is 7.34. The maximum atomic E-state index is 5.46. The molecule has 0 spiro atoms. The minimum atomic E-state index is 0.676. The monoisotopic (exact) mass is 337 g/mol. The normalized spacial score (nSPS) is 20.4. The summed E-state index contributed by atoms with van der Waals surface area (Å²) in [6.07, 6.45) is 11.5. The van der Waals surface area contributed by atoms with Crippen LogP contribution in [0.4, 0.5) is 0 Å². The summed E-state index contributed by atoms with van der Waals surface area (Å²) in [5.41, 5.74) is 3.63. The molecule has 0 atom stereocenters. The van der Waals surface area contributed by atoms with Gasteiger partial charge in [-0.2, -0.15) is 0 Å². The van der Waals surface area contributed by atoms with Gasteiger partial charge >= 0.3 is 0 Å². The SMILES string of the molecule is CCOc1ccc(-c2ccc(CCC3CCC(CC)CC3)cc2)nc1. The van der Waals surface area contributed by atoms with Crippen LogP contribution in [-0.2, 0) is 6.42 Å². The largest absolute Gasteiger partial charge is 0.492 e. The molecule has 2 aromatic rings. The van der Waals surface area contributed by atoms with E-state index in [-0.39, 0.29) is 0 Å². The topological polar surface area (TPSA) is 22.1 Å². The molecule has 0 aliphatic heterocycles. The van der Waals surface area contributed by atoms with Gasteiger partial charge in [0.25, 0.3) is 0 Å². The zero-order chi connectivity index (χ0) is 17.5. The fourth-order valence-corrected chi connectivity index (χ4v) is 3.94. The minimum absolute atomic E-state index is 0.676. The highest BCUT2D eigenvalue weighted by molar-refractivity contribution is 5.59. The third-order valence-electron chi connectivity index (χ3n) is 5.68. The predicted molar refractivity (Wildman–Crippen MR) is 105 cm³/mol. The highest BCUT2D eigenvalue weighted by Crippen LogP contribution is 2.33. The first-order valence-electron chi connectivity index (χ1n) is 9.96. The summed E-state index contributed by atoms with van der Waals surface area (Å²) in [6.45, 7) is 5.00. The Bertz CT molecular complexity index is 624. The summed E-state index contributed by atoms with van der Waals surface area (Å²) in [5.74, 6) is 2.77. The van der Waals surface area contributed by atoms with Crippen LogP contribution in [0.15, 0.2) is 42.6 Å². The number of nitrogens with zero attached hydrogens (tertiary/aromatic N) is 1. The van der Waals surface area contributed by atoms with Crippen LogP contribution in [0.3, 0.4) is 0 Å². The van der Waals surface area contributed by atoms with E-state index in [1.165, 1.54) is 56.1 Å². The summed E-state index contributed by atoms with van der Waals surface area (Å²) in [6, 6.07) is 13.0. The third-order valence-corrected chi connectivity index (χ3v) is 5.68. The molecule has 25 heavy (non-hydrogen) atoms. The van der Waals surface area contributed by atoms with Crippen molar-refractivity contribution in [2.24, 2.45) is 11.8 Å². The first-order valence-corrected chi connectivity index (χ1v) is 9.96. The van der Waals surface area contributed by atoms with Crippen molar-refractivity contribution in [2.75, 3.05) is 6.61 Å². The Balaban J connectivity index is 1.52. The van der Waals surface area contributed by atoms with E-state index in [0.717, 1.165) is 23.3 Å². The lowest BCUT2D eigenvalue weighted by Crippen LogP contribution is -2.14. The molecular weight excluding hydrogens is 306 g/mol. The fourth-order valence-electron chi connectivity index (χ4n) is 3.94. The maximum absolute atomic E-state index is 5.46. The van der Waals surface area contributed by atoms with Crippen LogP contribution in [0.25, 0.3) is 11.3 Å². The van der Waals surface area contributed by atoms with Crippen molar-refractivity contribution < 1.29 is 4.74 Å². The van der Waals surface area contributed by atoms with Crippen LogP contribution < -0.4 is 4.74 Å². The van der Waals surface area contributed by atoms with E-state index < -0.39 is 0 Å². The van der Waals surface area contributed by atoms with E-state index in [1.807, 2.05) is 19.1 Å². The highest BCUT2D eigenvalue weighted by Gasteiger charge is 2.19. The molecular formula is C23H31NO. The van der Waals surface area contributed by atoms with Crippen molar-refractivity contribution in [3.63, 3.8) is 0 Å². The lowest BCUT2D eigenvalue weighted by molar-refractivity contribution is 0.259. The van der Waals surface area contributed by atoms with E-state index in [4.69, 9.17) is 4.74 Å². The molecule has 2 nitrogen and oxygen atoms in total. The molecule has 0 bridgehead atoms. The summed E-state index contributed by atoms with van der Waals surface area (Å²) in [4.78, 5) is 4.51. The molecule has 0 amide bonds. The van der Waals surface area contributed by atoms with Crippen molar-refractivity contribution in [3.8, 4) is 17.0 Å². The minimum Gasteiger partial charge on any atom is -0.492 e. The Morgan fingerprint density at radius 2 is 1.64 bits per heavy atom. The van der Waals surface area contributed by atoms with Gasteiger partial charge in [-0.15, -0.1) is 0 Å². The number of rotatable bonds is 7. The zero-order valence-corrected chi connectivity index (χ0v) is 15.7. The number of aryl methyl sites for hydroxylation is 1. The maximum Gasteiger partial charge on any atom is 0.137 e. The van der Waals surface area contributed by atoms with Crippen molar-refractivity contribution >= 4 is 0 Å². The van der Waals surface area contributed by atoms with Crippen LogP contribution in [0, 0.1) is 11.8 Å². The second kappa shape index (κ2) is 9.03. The van der Waals surface area contributed by atoms with E-state index in [9.17, 15) is 0 Å². The van der Waals surface area contributed by atoms with Crippen molar-refractivity contribution in [1.82, 2.24) is 4.98 Å². The number of pyridine rings is 1. The van der Waals surface area contributed by atoms with Crippen molar-refractivity contribution in [3.05, 3.63) is 48.2 Å². The Morgan fingerprint density at radius 1 is 0.920 bits per heavy atom. The Morgan fingerprint density at radius 3 is 2.24 bits per heavy atom. The number of benzene rings is 1. The molecule has 3 rings (SSSR count). The Hall–Kier alpha value is -1.83. The van der Waals surface area contributed by atoms with Gasteiger partial charge in [0.2, 0.25) is 0 Å². The van der Waals surface area contributed by atoms with Gasteiger partial charge in [0.15, 0.2) is 0 Å².